The van der Waals surface area contributed by atoms with E-state index >= 15 is 0 Å². The molecule has 0 aliphatic carbocycles. The van der Waals surface area contributed by atoms with Crippen LogP contribution < -0.4 is 0 Å². The summed E-state index contributed by atoms with van der Waals surface area (Å²) in [7, 11) is -3.56. The van der Waals surface area contributed by atoms with Gasteiger partial charge in [0.25, 0.3) is 0 Å². The van der Waals surface area contributed by atoms with Crippen molar-refractivity contribution in [3.05, 3.63) is 66.9 Å². The van der Waals surface area contributed by atoms with Gasteiger partial charge in [0.05, 0.1) is 6.20 Å². The Morgan fingerprint density at radius 3 is 2.04 bits per heavy atom. The van der Waals surface area contributed by atoms with Crippen molar-refractivity contribution >= 4 is 15.5 Å². The Morgan fingerprint density at radius 2 is 1.44 bits per heavy atom. The summed E-state index contributed by atoms with van der Waals surface area (Å²) < 4.78 is 26.0. The smallest absolute Gasteiger partial charge is 0.203 e. The molecule has 0 fully saturated rings. The van der Waals surface area contributed by atoms with Gasteiger partial charge in [-0.05, 0) is 5.56 Å². The van der Waals surface area contributed by atoms with Crippen molar-refractivity contribution < 1.29 is 8.42 Å². The van der Waals surface area contributed by atoms with Gasteiger partial charge in [0.2, 0.25) is 5.03 Å². The number of rotatable bonds is 3. The summed E-state index contributed by atoms with van der Waals surface area (Å²) >= 11 is 0. The van der Waals surface area contributed by atoms with Gasteiger partial charge in [0, 0.05) is 17.4 Å². The molecule has 0 aliphatic rings. The summed E-state index contributed by atoms with van der Waals surface area (Å²) in [4.78, 5) is 0. The first-order valence-electron chi connectivity index (χ1n) is 7.61. The van der Waals surface area contributed by atoms with E-state index in [1.807, 2.05) is 60.7 Å². The third-order valence-corrected chi connectivity index (χ3v) is 4.85. The van der Waals surface area contributed by atoms with Gasteiger partial charge in [-0.3, -0.25) is 0 Å². The fraction of sp³-hybridized carbons (Fsp3) is 0.0556. The molecular weight excluding hydrogens is 336 g/mol. The largest absolute Gasteiger partial charge is 0.222 e. The van der Waals surface area contributed by atoms with Gasteiger partial charge in [-0.2, -0.15) is 5.10 Å². The third-order valence-electron chi connectivity index (χ3n) is 3.88. The van der Waals surface area contributed by atoms with Crippen LogP contribution in [0, 0.1) is 0 Å². The van der Waals surface area contributed by atoms with E-state index in [4.69, 9.17) is 0 Å². The van der Waals surface area contributed by atoms with E-state index in [-0.39, 0.29) is 5.03 Å². The fourth-order valence-electron chi connectivity index (χ4n) is 2.75. The molecule has 2 heterocycles. The number of nitrogens with zero attached hydrogens (tertiary/aromatic N) is 4. The molecule has 4 aromatic rings. The van der Waals surface area contributed by atoms with Crippen LogP contribution in [0.15, 0.2) is 71.9 Å². The molecule has 2 aromatic carbocycles. The standard InChI is InChI=1S/C18H14N4O2S/c1-25(23,24)18-16(14-10-6-3-7-11-14)22-17(20-21-18)15(12-19-22)13-8-4-2-5-9-13/h2-12H,1H3. The van der Waals surface area contributed by atoms with E-state index in [2.05, 4.69) is 15.3 Å². The lowest BCUT2D eigenvalue weighted by Crippen LogP contribution is -2.10. The molecule has 2 aromatic heterocycles. The molecule has 0 saturated heterocycles. The zero-order valence-corrected chi connectivity index (χ0v) is 14.2. The molecule has 0 unspecified atom stereocenters. The lowest BCUT2D eigenvalue weighted by Gasteiger charge is -2.09. The maximum atomic E-state index is 12.2. The van der Waals surface area contributed by atoms with Gasteiger partial charge in [0.15, 0.2) is 15.5 Å². The van der Waals surface area contributed by atoms with Gasteiger partial charge < -0.3 is 0 Å². The molecule has 0 radical (unpaired) electrons. The van der Waals surface area contributed by atoms with E-state index < -0.39 is 9.84 Å². The highest BCUT2D eigenvalue weighted by Gasteiger charge is 2.23. The predicted molar refractivity (Wildman–Crippen MR) is 94.8 cm³/mol. The van der Waals surface area contributed by atoms with Crippen molar-refractivity contribution in [2.45, 2.75) is 5.03 Å². The molecule has 0 atom stereocenters. The van der Waals surface area contributed by atoms with E-state index in [0.717, 1.165) is 17.4 Å². The molecule has 0 amide bonds. The summed E-state index contributed by atoms with van der Waals surface area (Å²) in [6, 6.07) is 18.9. The lowest BCUT2D eigenvalue weighted by atomic mass is 10.1. The second-order valence-corrected chi connectivity index (χ2v) is 7.58. The summed E-state index contributed by atoms with van der Waals surface area (Å²) in [5.41, 5.74) is 3.38. The molecule has 25 heavy (non-hydrogen) atoms. The SMILES string of the molecule is CS(=O)(=O)c1nnc2c(-c3ccccc3)cnn2c1-c1ccccc1. The molecule has 7 heteroatoms. The minimum Gasteiger partial charge on any atom is -0.222 e. The number of sulfone groups is 1. The minimum atomic E-state index is -3.56. The lowest BCUT2D eigenvalue weighted by molar-refractivity contribution is 0.595. The molecule has 0 spiro atoms. The van der Waals surface area contributed by atoms with Gasteiger partial charge in [-0.25, -0.2) is 12.9 Å². The highest BCUT2D eigenvalue weighted by molar-refractivity contribution is 7.90. The van der Waals surface area contributed by atoms with Crippen LogP contribution in [0.4, 0.5) is 0 Å². The predicted octanol–water partition coefficient (Wildman–Crippen LogP) is 2.86. The first kappa shape index (κ1) is 15.5. The van der Waals surface area contributed by atoms with Crippen LogP contribution in [-0.4, -0.2) is 34.5 Å². The zero-order chi connectivity index (χ0) is 17.4. The van der Waals surface area contributed by atoms with Crippen molar-refractivity contribution in [3.8, 4) is 22.4 Å². The van der Waals surface area contributed by atoms with Crippen molar-refractivity contribution in [1.82, 2.24) is 19.8 Å². The van der Waals surface area contributed by atoms with Gasteiger partial charge >= 0.3 is 0 Å². The van der Waals surface area contributed by atoms with Crippen LogP contribution in [0.1, 0.15) is 0 Å². The Bertz CT molecular complexity index is 1150. The molecular formula is C18H14N4O2S. The number of benzene rings is 2. The second-order valence-electron chi connectivity index (χ2n) is 5.65. The van der Waals surface area contributed by atoms with E-state index in [1.165, 1.54) is 0 Å². The first-order chi connectivity index (χ1) is 12.1. The normalized spacial score (nSPS) is 11.7. The summed E-state index contributed by atoms with van der Waals surface area (Å²) in [5, 5.41) is 12.5. The molecule has 124 valence electrons. The Hall–Kier alpha value is -3.06. The zero-order valence-electron chi connectivity index (χ0n) is 13.4. The number of fused-ring (bicyclic) bond motifs is 1. The Morgan fingerprint density at radius 1 is 0.840 bits per heavy atom. The average molecular weight is 350 g/mol. The molecule has 6 nitrogen and oxygen atoms in total. The molecule has 4 rings (SSSR count). The molecule has 0 aliphatic heterocycles. The van der Waals surface area contributed by atoms with Crippen LogP contribution in [0.25, 0.3) is 28.0 Å². The Kier molecular flexibility index (Phi) is 3.58. The fourth-order valence-corrected chi connectivity index (χ4v) is 3.49. The summed E-state index contributed by atoms with van der Waals surface area (Å²) in [6.45, 7) is 0. The van der Waals surface area contributed by atoms with Gasteiger partial charge in [-0.1, -0.05) is 60.7 Å². The van der Waals surface area contributed by atoms with Gasteiger partial charge in [-0.15, -0.1) is 10.2 Å². The molecule has 0 N–H and O–H groups in total. The topological polar surface area (TPSA) is 77.2 Å². The van der Waals surface area contributed by atoms with E-state index in [1.54, 1.807) is 10.7 Å². The van der Waals surface area contributed by atoms with Crippen LogP contribution in [0.3, 0.4) is 0 Å². The maximum absolute atomic E-state index is 12.2. The van der Waals surface area contributed by atoms with Crippen molar-refractivity contribution in [2.75, 3.05) is 6.26 Å². The third kappa shape index (κ3) is 2.68. The maximum Gasteiger partial charge on any atom is 0.203 e. The van der Waals surface area contributed by atoms with Crippen molar-refractivity contribution in [2.24, 2.45) is 0 Å². The van der Waals surface area contributed by atoms with Crippen LogP contribution in [0.2, 0.25) is 0 Å². The van der Waals surface area contributed by atoms with E-state index in [9.17, 15) is 8.42 Å². The Balaban J connectivity index is 2.08. The highest BCUT2D eigenvalue weighted by Crippen LogP contribution is 2.29. The highest BCUT2D eigenvalue weighted by atomic mass is 32.2. The van der Waals surface area contributed by atoms with Crippen LogP contribution in [-0.2, 0) is 9.84 Å². The first-order valence-corrected chi connectivity index (χ1v) is 9.50. The number of aromatic nitrogens is 4. The average Bonchev–Trinajstić information content (AvgIpc) is 3.05. The quantitative estimate of drug-likeness (QED) is 0.568. The van der Waals surface area contributed by atoms with Gasteiger partial charge in [0.1, 0.15) is 5.69 Å². The number of hydrogen-bond acceptors (Lipinski definition) is 5. The molecule has 0 saturated carbocycles. The monoisotopic (exact) mass is 350 g/mol. The Labute approximate surface area is 144 Å². The van der Waals surface area contributed by atoms with Crippen LogP contribution in [0.5, 0.6) is 0 Å². The second kappa shape index (κ2) is 5.78. The van der Waals surface area contributed by atoms with Crippen molar-refractivity contribution in [1.29, 1.82) is 0 Å². The summed E-state index contributed by atoms with van der Waals surface area (Å²) in [6.07, 6.45) is 2.80. The summed E-state index contributed by atoms with van der Waals surface area (Å²) in [5.74, 6) is 0. The van der Waals surface area contributed by atoms with Crippen molar-refractivity contribution in [3.63, 3.8) is 0 Å². The molecule has 0 bridgehead atoms. The number of hydrogen-bond donors (Lipinski definition) is 0. The minimum absolute atomic E-state index is 0.0890. The van der Waals surface area contributed by atoms with E-state index in [0.29, 0.717) is 16.9 Å². The van der Waals surface area contributed by atoms with Crippen LogP contribution >= 0.6 is 0 Å².